The van der Waals surface area contributed by atoms with E-state index >= 15 is 0 Å². The zero-order valence-corrected chi connectivity index (χ0v) is 8.09. The Kier molecular flexibility index (Phi) is 4.94. The second-order valence-corrected chi connectivity index (χ2v) is 3.95. The molecule has 0 N–H and O–H groups in total. The van der Waals surface area contributed by atoms with Gasteiger partial charge in [-0.25, -0.2) is 0 Å². The van der Waals surface area contributed by atoms with Crippen LogP contribution >= 0.6 is 0 Å². The van der Waals surface area contributed by atoms with Crippen molar-refractivity contribution < 1.29 is 0 Å². The summed E-state index contributed by atoms with van der Waals surface area (Å²) in [6, 6.07) is 2.36. The van der Waals surface area contributed by atoms with Crippen LogP contribution in [0.4, 0.5) is 0 Å². The molecule has 0 amide bonds. The molecule has 0 aromatic carbocycles. The summed E-state index contributed by atoms with van der Waals surface area (Å²) in [5, 5.41) is 8.76. The third-order valence-corrected chi connectivity index (χ3v) is 2.03. The van der Waals surface area contributed by atoms with E-state index in [0.29, 0.717) is 5.92 Å². The minimum absolute atomic E-state index is 0.261. The lowest BCUT2D eigenvalue weighted by Gasteiger charge is -2.13. The highest BCUT2D eigenvalue weighted by atomic mass is 14.3. The zero-order chi connectivity index (χ0) is 8.85. The van der Waals surface area contributed by atoms with Crippen LogP contribution in [0.2, 0.25) is 0 Å². The van der Waals surface area contributed by atoms with Gasteiger partial charge in [0.1, 0.15) is 0 Å². The third-order valence-electron chi connectivity index (χ3n) is 2.03. The molecule has 64 valence electrons. The Bertz CT molecular complexity index is 130. The zero-order valence-electron chi connectivity index (χ0n) is 8.09. The summed E-state index contributed by atoms with van der Waals surface area (Å²) in [7, 11) is 0. The normalized spacial score (nSPS) is 13.5. The van der Waals surface area contributed by atoms with Crippen LogP contribution in [-0.4, -0.2) is 0 Å². The average Bonchev–Trinajstić information content (AvgIpc) is 1.87. The van der Waals surface area contributed by atoms with Gasteiger partial charge in [0.15, 0.2) is 0 Å². The van der Waals surface area contributed by atoms with E-state index in [-0.39, 0.29) is 5.92 Å². The van der Waals surface area contributed by atoms with Crippen LogP contribution in [0.1, 0.15) is 40.5 Å². The van der Waals surface area contributed by atoms with Gasteiger partial charge in [0, 0.05) is 5.92 Å². The summed E-state index contributed by atoms with van der Waals surface area (Å²) in [5.74, 6) is 1.50. The van der Waals surface area contributed by atoms with Gasteiger partial charge in [0.2, 0.25) is 0 Å². The van der Waals surface area contributed by atoms with Gasteiger partial charge in [-0.3, -0.25) is 0 Å². The number of hydrogen-bond donors (Lipinski definition) is 0. The lowest BCUT2D eigenvalue weighted by Crippen LogP contribution is -2.06. The fraction of sp³-hybridized carbons (Fsp3) is 0.900. The first-order chi connectivity index (χ1) is 5.07. The van der Waals surface area contributed by atoms with Crippen LogP contribution in [-0.2, 0) is 0 Å². The predicted octanol–water partition coefficient (Wildman–Crippen LogP) is 3.22. The molecule has 0 aliphatic carbocycles. The Morgan fingerprint density at radius 1 is 1.09 bits per heavy atom. The Morgan fingerprint density at radius 2 is 1.64 bits per heavy atom. The molecule has 0 heterocycles. The number of rotatable bonds is 4. The van der Waals surface area contributed by atoms with Crippen molar-refractivity contribution in [1.29, 1.82) is 5.26 Å². The molecule has 0 saturated carbocycles. The Balaban J connectivity index is 3.64. The largest absolute Gasteiger partial charge is 0.198 e. The van der Waals surface area contributed by atoms with E-state index in [1.165, 1.54) is 6.42 Å². The molecule has 0 fully saturated rings. The summed E-state index contributed by atoms with van der Waals surface area (Å²) < 4.78 is 0. The lowest BCUT2D eigenvalue weighted by molar-refractivity contribution is 0.402. The van der Waals surface area contributed by atoms with Crippen LogP contribution in [0.5, 0.6) is 0 Å². The maximum Gasteiger partial charge on any atom is 0.0658 e. The monoisotopic (exact) mass is 153 g/mol. The topological polar surface area (TPSA) is 23.8 Å². The molecule has 0 aliphatic heterocycles. The van der Waals surface area contributed by atoms with E-state index in [1.807, 2.05) is 0 Å². The molecule has 1 nitrogen and oxygen atoms in total. The SMILES string of the molecule is CC(C)CCC(C#N)C(C)C. The van der Waals surface area contributed by atoms with Gasteiger partial charge in [-0.2, -0.15) is 5.26 Å². The number of nitriles is 1. The van der Waals surface area contributed by atoms with Crippen molar-refractivity contribution in [2.75, 3.05) is 0 Å². The van der Waals surface area contributed by atoms with E-state index in [9.17, 15) is 0 Å². The smallest absolute Gasteiger partial charge is 0.0658 e. The minimum Gasteiger partial charge on any atom is -0.198 e. The molecular weight excluding hydrogens is 134 g/mol. The van der Waals surface area contributed by atoms with Crippen molar-refractivity contribution in [2.45, 2.75) is 40.5 Å². The molecular formula is C10H19N. The van der Waals surface area contributed by atoms with Crippen LogP contribution in [0.25, 0.3) is 0 Å². The lowest BCUT2D eigenvalue weighted by atomic mass is 9.90. The summed E-state index contributed by atoms with van der Waals surface area (Å²) in [4.78, 5) is 0. The summed E-state index contributed by atoms with van der Waals surface area (Å²) in [6.07, 6.45) is 2.24. The van der Waals surface area contributed by atoms with Crippen molar-refractivity contribution in [3.63, 3.8) is 0 Å². The molecule has 0 rings (SSSR count). The van der Waals surface area contributed by atoms with Crippen LogP contribution < -0.4 is 0 Å². The molecule has 1 unspecified atom stereocenters. The van der Waals surface area contributed by atoms with Crippen molar-refractivity contribution in [3.8, 4) is 6.07 Å². The van der Waals surface area contributed by atoms with Crippen molar-refractivity contribution in [3.05, 3.63) is 0 Å². The first-order valence-electron chi connectivity index (χ1n) is 4.47. The number of nitrogens with zero attached hydrogens (tertiary/aromatic N) is 1. The van der Waals surface area contributed by atoms with Crippen molar-refractivity contribution in [2.24, 2.45) is 17.8 Å². The van der Waals surface area contributed by atoms with Crippen molar-refractivity contribution >= 4 is 0 Å². The van der Waals surface area contributed by atoms with E-state index in [2.05, 4.69) is 33.8 Å². The molecule has 1 atom stereocenters. The highest BCUT2D eigenvalue weighted by Gasteiger charge is 2.11. The molecule has 0 aliphatic rings. The van der Waals surface area contributed by atoms with Crippen LogP contribution in [0.15, 0.2) is 0 Å². The summed E-state index contributed by atoms with van der Waals surface area (Å²) in [5.41, 5.74) is 0. The van der Waals surface area contributed by atoms with Gasteiger partial charge in [-0.1, -0.05) is 27.7 Å². The third kappa shape index (κ3) is 4.84. The Morgan fingerprint density at radius 3 is 1.91 bits per heavy atom. The van der Waals surface area contributed by atoms with E-state index in [1.54, 1.807) is 0 Å². The molecule has 0 bridgehead atoms. The van der Waals surface area contributed by atoms with E-state index in [4.69, 9.17) is 5.26 Å². The minimum atomic E-state index is 0.261. The van der Waals surface area contributed by atoms with E-state index < -0.39 is 0 Å². The van der Waals surface area contributed by atoms with Gasteiger partial charge in [0.05, 0.1) is 6.07 Å². The number of hydrogen-bond acceptors (Lipinski definition) is 1. The Hall–Kier alpha value is -0.510. The molecule has 0 aromatic heterocycles. The second kappa shape index (κ2) is 5.18. The molecule has 1 heteroatoms. The van der Waals surface area contributed by atoms with Gasteiger partial charge in [-0.05, 0) is 24.7 Å². The standard InChI is InChI=1S/C10H19N/c1-8(2)5-6-10(7-11)9(3)4/h8-10H,5-6H2,1-4H3. The maximum atomic E-state index is 8.76. The van der Waals surface area contributed by atoms with Gasteiger partial charge in [-0.15, -0.1) is 0 Å². The van der Waals surface area contributed by atoms with Crippen LogP contribution in [0.3, 0.4) is 0 Å². The highest BCUT2D eigenvalue weighted by molar-refractivity contribution is 4.84. The summed E-state index contributed by atoms with van der Waals surface area (Å²) in [6.45, 7) is 8.64. The molecule has 11 heavy (non-hydrogen) atoms. The highest BCUT2D eigenvalue weighted by Crippen LogP contribution is 2.18. The Labute approximate surface area is 70.4 Å². The molecule has 0 spiro atoms. The van der Waals surface area contributed by atoms with Gasteiger partial charge in [0.25, 0.3) is 0 Å². The fourth-order valence-electron chi connectivity index (χ4n) is 1.06. The molecule has 0 saturated heterocycles. The fourth-order valence-corrected chi connectivity index (χ4v) is 1.06. The van der Waals surface area contributed by atoms with E-state index in [0.717, 1.165) is 12.3 Å². The first kappa shape index (κ1) is 10.5. The van der Waals surface area contributed by atoms with Gasteiger partial charge < -0.3 is 0 Å². The van der Waals surface area contributed by atoms with Crippen molar-refractivity contribution in [1.82, 2.24) is 0 Å². The van der Waals surface area contributed by atoms with Gasteiger partial charge >= 0.3 is 0 Å². The molecule has 0 radical (unpaired) electrons. The second-order valence-electron chi connectivity index (χ2n) is 3.95. The quantitative estimate of drug-likeness (QED) is 0.608. The summed E-state index contributed by atoms with van der Waals surface area (Å²) >= 11 is 0. The maximum absolute atomic E-state index is 8.76. The average molecular weight is 153 g/mol. The van der Waals surface area contributed by atoms with Crippen LogP contribution in [0, 0.1) is 29.1 Å². The molecule has 0 aromatic rings. The predicted molar refractivity (Wildman–Crippen MR) is 48.0 cm³/mol. The first-order valence-corrected chi connectivity index (χ1v) is 4.47.